The summed E-state index contributed by atoms with van der Waals surface area (Å²) >= 11 is 3.50. The summed E-state index contributed by atoms with van der Waals surface area (Å²) in [7, 11) is 0. The zero-order valence-corrected chi connectivity index (χ0v) is 12.4. The number of hydrogen-bond donors (Lipinski definition) is 1. The molecule has 0 saturated carbocycles. The molecule has 0 aliphatic heterocycles. The van der Waals surface area contributed by atoms with Crippen molar-refractivity contribution in [3.8, 4) is 0 Å². The van der Waals surface area contributed by atoms with Crippen LogP contribution >= 0.6 is 15.9 Å². The zero-order valence-electron chi connectivity index (χ0n) is 10.8. The van der Waals surface area contributed by atoms with E-state index in [4.69, 9.17) is 5.73 Å². The average molecular weight is 304 g/mol. The van der Waals surface area contributed by atoms with E-state index in [1.165, 1.54) is 11.1 Å². The number of halogens is 1. The maximum Gasteiger partial charge on any atom is 0.0422 e. The molecule has 0 heterocycles. The maximum absolute atomic E-state index is 6.47. The van der Waals surface area contributed by atoms with Gasteiger partial charge >= 0.3 is 0 Å². The Kier molecular flexibility index (Phi) is 3.88. The van der Waals surface area contributed by atoms with Gasteiger partial charge in [-0.15, -0.1) is 0 Å². The van der Waals surface area contributed by atoms with E-state index in [2.05, 4.69) is 66.2 Å². The van der Waals surface area contributed by atoms with E-state index in [9.17, 15) is 0 Å². The summed E-state index contributed by atoms with van der Waals surface area (Å²) in [6, 6.07) is 16.8. The van der Waals surface area contributed by atoms with Crippen LogP contribution in [0.3, 0.4) is 0 Å². The van der Waals surface area contributed by atoms with E-state index in [1.54, 1.807) is 0 Å². The predicted molar refractivity (Wildman–Crippen MR) is 80.6 cm³/mol. The highest BCUT2D eigenvalue weighted by Crippen LogP contribution is 2.25. The number of nitrogens with two attached hydrogens (primary N) is 1. The van der Waals surface area contributed by atoms with Crippen LogP contribution in [0.4, 0.5) is 0 Å². The zero-order chi connectivity index (χ0) is 13.2. The summed E-state index contributed by atoms with van der Waals surface area (Å²) < 4.78 is 1.07. The van der Waals surface area contributed by atoms with Gasteiger partial charge in [0.2, 0.25) is 0 Å². The molecule has 2 N–H and O–H groups in total. The minimum absolute atomic E-state index is 0.350. The molecule has 0 saturated heterocycles. The lowest BCUT2D eigenvalue weighted by Gasteiger charge is -2.26. The van der Waals surface area contributed by atoms with Crippen molar-refractivity contribution in [2.45, 2.75) is 25.8 Å². The van der Waals surface area contributed by atoms with E-state index >= 15 is 0 Å². The minimum Gasteiger partial charge on any atom is -0.321 e. The van der Waals surface area contributed by atoms with Gasteiger partial charge in [0.25, 0.3) is 0 Å². The van der Waals surface area contributed by atoms with Crippen LogP contribution in [0.15, 0.2) is 53.0 Å². The molecular formula is C16H18BrN. The van der Waals surface area contributed by atoms with Gasteiger partial charge in [-0.25, -0.2) is 0 Å². The number of benzene rings is 2. The molecule has 2 aromatic rings. The van der Waals surface area contributed by atoms with Crippen LogP contribution in [0.2, 0.25) is 0 Å². The molecule has 2 aromatic carbocycles. The molecule has 2 rings (SSSR count). The quantitative estimate of drug-likeness (QED) is 0.904. The Morgan fingerprint density at radius 2 is 1.83 bits per heavy atom. The summed E-state index contributed by atoms with van der Waals surface area (Å²) in [6.07, 6.45) is 0.838. The van der Waals surface area contributed by atoms with Crippen LogP contribution in [0.5, 0.6) is 0 Å². The van der Waals surface area contributed by atoms with E-state index in [-0.39, 0.29) is 5.54 Å². The molecule has 0 aliphatic carbocycles. The second kappa shape index (κ2) is 5.25. The fourth-order valence-corrected chi connectivity index (χ4v) is 2.59. The molecule has 0 fully saturated rings. The molecule has 0 aromatic heterocycles. The van der Waals surface area contributed by atoms with E-state index in [1.807, 2.05) is 12.1 Å². The third kappa shape index (κ3) is 3.21. The molecule has 0 radical (unpaired) electrons. The van der Waals surface area contributed by atoms with Crippen LogP contribution in [0, 0.1) is 6.92 Å². The first-order valence-electron chi connectivity index (χ1n) is 6.08. The van der Waals surface area contributed by atoms with Gasteiger partial charge in [-0.1, -0.05) is 57.9 Å². The molecule has 2 heteroatoms. The summed E-state index contributed by atoms with van der Waals surface area (Å²) in [5.74, 6) is 0. The van der Waals surface area contributed by atoms with Crippen LogP contribution < -0.4 is 5.73 Å². The van der Waals surface area contributed by atoms with Crippen molar-refractivity contribution < 1.29 is 0 Å². The smallest absolute Gasteiger partial charge is 0.0422 e. The normalized spacial score (nSPS) is 14.2. The fourth-order valence-electron chi connectivity index (χ4n) is 2.19. The third-order valence-corrected chi connectivity index (χ3v) is 3.63. The largest absolute Gasteiger partial charge is 0.321 e. The Balaban J connectivity index is 2.26. The fraction of sp³-hybridized carbons (Fsp3) is 0.250. The highest BCUT2D eigenvalue weighted by atomic mass is 79.9. The molecule has 0 amide bonds. The van der Waals surface area contributed by atoms with Crippen LogP contribution in [0.1, 0.15) is 23.6 Å². The Bertz CT molecular complexity index is 546. The highest BCUT2D eigenvalue weighted by Gasteiger charge is 2.21. The van der Waals surface area contributed by atoms with Crippen LogP contribution in [-0.2, 0) is 12.0 Å². The monoisotopic (exact) mass is 303 g/mol. The van der Waals surface area contributed by atoms with Gasteiger partial charge in [0, 0.05) is 10.0 Å². The second-order valence-corrected chi connectivity index (χ2v) is 6.01. The lowest BCUT2D eigenvalue weighted by Crippen LogP contribution is -2.35. The van der Waals surface area contributed by atoms with Crippen molar-refractivity contribution in [1.82, 2.24) is 0 Å². The average Bonchev–Trinajstić information content (AvgIpc) is 2.28. The van der Waals surface area contributed by atoms with Crippen LogP contribution in [-0.4, -0.2) is 0 Å². The standard InChI is InChI=1S/C16H18BrN/c1-12-5-3-6-13(9-12)11-16(2,18)14-7-4-8-15(17)10-14/h3-10H,11,18H2,1-2H3. The molecule has 1 unspecified atom stereocenters. The molecule has 1 nitrogen and oxygen atoms in total. The predicted octanol–water partition coefficient (Wildman–Crippen LogP) is 4.17. The van der Waals surface area contributed by atoms with Gasteiger partial charge in [-0.2, -0.15) is 0 Å². The van der Waals surface area contributed by atoms with Crippen molar-refractivity contribution in [3.63, 3.8) is 0 Å². The van der Waals surface area contributed by atoms with Gasteiger partial charge in [-0.05, 0) is 43.5 Å². The molecule has 1 atom stereocenters. The lowest BCUT2D eigenvalue weighted by molar-refractivity contribution is 0.491. The van der Waals surface area contributed by atoms with Crippen molar-refractivity contribution in [3.05, 3.63) is 69.7 Å². The Morgan fingerprint density at radius 3 is 2.50 bits per heavy atom. The van der Waals surface area contributed by atoms with E-state index < -0.39 is 0 Å². The van der Waals surface area contributed by atoms with Crippen LogP contribution in [0.25, 0.3) is 0 Å². The number of rotatable bonds is 3. The van der Waals surface area contributed by atoms with Crippen molar-refractivity contribution >= 4 is 15.9 Å². The Labute approximate surface area is 117 Å². The van der Waals surface area contributed by atoms with Crippen molar-refractivity contribution in [2.75, 3.05) is 0 Å². The van der Waals surface area contributed by atoms with Crippen molar-refractivity contribution in [2.24, 2.45) is 5.73 Å². The van der Waals surface area contributed by atoms with Gasteiger partial charge in [0.1, 0.15) is 0 Å². The number of aryl methyl sites for hydroxylation is 1. The van der Waals surface area contributed by atoms with Gasteiger partial charge in [0.15, 0.2) is 0 Å². The summed E-state index contributed by atoms with van der Waals surface area (Å²) in [5, 5.41) is 0. The summed E-state index contributed by atoms with van der Waals surface area (Å²) in [5.41, 5.74) is 9.82. The minimum atomic E-state index is -0.350. The van der Waals surface area contributed by atoms with E-state index in [0.717, 1.165) is 16.5 Å². The first-order valence-corrected chi connectivity index (χ1v) is 6.87. The first-order chi connectivity index (χ1) is 8.47. The molecule has 94 valence electrons. The maximum atomic E-state index is 6.47. The second-order valence-electron chi connectivity index (χ2n) is 5.09. The summed E-state index contributed by atoms with van der Waals surface area (Å²) in [4.78, 5) is 0. The first kappa shape index (κ1) is 13.3. The molecular weight excluding hydrogens is 286 g/mol. The third-order valence-electron chi connectivity index (χ3n) is 3.14. The lowest BCUT2D eigenvalue weighted by atomic mass is 9.86. The summed E-state index contributed by atoms with van der Waals surface area (Å²) in [6.45, 7) is 4.19. The SMILES string of the molecule is Cc1cccc(CC(C)(N)c2cccc(Br)c2)c1. The van der Waals surface area contributed by atoms with Gasteiger partial charge in [0.05, 0.1) is 0 Å². The molecule has 18 heavy (non-hydrogen) atoms. The molecule has 0 aliphatic rings. The molecule has 0 bridgehead atoms. The topological polar surface area (TPSA) is 26.0 Å². The van der Waals surface area contributed by atoms with E-state index in [0.29, 0.717) is 0 Å². The Morgan fingerprint density at radius 1 is 1.11 bits per heavy atom. The number of hydrogen-bond acceptors (Lipinski definition) is 1. The van der Waals surface area contributed by atoms with Crippen molar-refractivity contribution in [1.29, 1.82) is 0 Å². The van der Waals surface area contributed by atoms with Gasteiger partial charge < -0.3 is 5.73 Å². The Hall–Kier alpha value is -1.12. The van der Waals surface area contributed by atoms with Gasteiger partial charge in [-0.3, -0.25) is 0 Å². The molecule has 0 spiro atoms. The highest BCUT2D eigenvalue weighted by molar-refractivity contribution is 9.10.